The number of nitrogens with zero attached hydrogens (tertiary/aromatic N) is 2. The Hall–Kier alpha value is -1.10. The third kappa shape index (κ3) is 3.96. The van der Waals surface area contributed by atoms with Crippen LogP contribution in [0.25, 0.3) is 0 Å². The molecule has 0 aromatic heterocycles. The van der Waals surface area contributed by atoms with Crippen LogP contribution in [-0.4, -0.2) is 62.1 Å². The fourth-order valence-corrected chi connectivity index (χ4v) is 6.33. The molecule has 0 radical (unpaired) electrons. The molecule has 0 bridgehead atoms. The molecule has 4 rings (SSSR count). The zero-order valence-corrected chi connectivity index (χ0v) is 18.8. The third-order valence-corrected chi connectivity index (χ3v) is 8.10. The largest absolute Gasteiger partial charge is 0.380 e. The van der Waals surface area contributed by atoms with Crippen molar-refractivity contribution in [2.45, 2.75) is 62.5 Å². The molecule has 29 heavy (non-hydrogen) atoms. The minimum Gasteiger partial charge on any atom is -0.380 e. The van der Waals surface area contributed by atoms with E-state index in [-0.39, 0.29) is 11.5 Å². The van der Waals surface area contributed by atoms with E-state index in [2.05, 4.69) is 36.0 Å². The van der Waals surface area contributed by atoms with Gasteiger partial charge in [-0.3, -0.25) is 4.79 Å². The minimum absolute atomic E-state index is 0.265. The molecule has 1 aromatic carbocycles. The third-order valence-electron chi connectivity index (χ3n) is 7.85. The SMILES string of the molecule is CO[C@@H]1C[C@H]2CN(C(=O)C3(c4ccc(Cl)cc4)CCCCC3)C[C@H]2C[C@H]1N(C)C. The molecule has 2 saturated carbocycles. The highest BCUT2D eigenvalue weighted by molar-refractivity contribution is 6.30. The summed E-state index contributed by atoms with van der Waals surface area (Å²) in [6.07, 6.45) is 7.85. The average molecular weight is 419 g/mol. The van der Waals surface area contributed by atoms with Crippen LogP contribution < -0.4 is 0 Å². The lowest BCUT2D eigenvalue weighted by Crippen LogP contribution is -2.47. The molecule has 1 aromatic rings. The van der Waals surface area contributed by atoms with Gasteiger partial charge in [0.1, 0.15) is 0 Å². The molecule has 1 heterocycles. The van der Waals surface area contributed by atoms with Crippen molar-refractivity contribution >= 4 is 17.5 Å². The average Bonchev–Trinajstić information content (AvgIpc) is 3.16. The predicted molar refractivity (Wildman–Crippen MR) is 117 cm³/mol. The molecule has 160 valence electrons. The Morgan fingerprint density at radius 3 is 2.28 bits per heavy atom. The van der Waals surface area contributed by atoms with Crippen molar-refractivity contribution in [2.24, 2.45) is 11.8 Å². The number of rotatable bonds is 4. The summed E-state index contributed by atoms with van der Waals surface area (Å²) in [6.45, 7) is 1.79. The maximum atomic E-state index is 14.0. The van der Waals surface area contributed by atoms with E-state index in [0.29, 0.717) is 23.8 Å². The lowest BCUT2D eigenvalue weighted by Gasteiger charge is -2.40. The van der Waals surface area contributed by atoms with Gasteiger partial charge in [0, 0.05) is 31.3 Å². The van der Waals surface area contributed by atoms with Crippen molar-refractivity contribution in [3.63, 3.8) is 0 Å². The van der Waals surface area contributed by atoms with Crippen LogP contribution in [0.5, 0.6) is 0 Å². The Labute approximate surface area is 180 Å². The maximum absolute atomic E-state index is 14.0. The molecule has 1 aliphatic heterocycles. The van der Waals surface area contributed by atoms with E-state index in [1.807, 2.05) is 19.2 Å². The first kappa shape index (κ1) is 21.1. The Balaban J connectivity index is 1.56. The van der Waals surface area contributed by atoms with Gasteiger partial charge in [-0.15, -0.1) is 0 Å². The first-order valence-corrected chi connectivity index (χ1v) is 11.6. The van der Waals surface area contributed by atoms with Crippen molar-refractivity contribution < 1.29 is 9.53 Å². The van der Waals surface area contributed by atoms with E-state index in [0.717, 1.165) is 62.2 Å². The zero-order chi connectivity index (χ0) is 20.6. The summed E-state index contributed by atoms with van der Waals surface area (Å²) in [5, 5.41) is 0.736. The number of halogens is 1. The van der Waals surface area contributed by atoms with E-state index in [1.165, 1.54) is 6.42 Å². The zero-order valence-electron chi connectivity index (χ0n) is 18.1. The molecule has 1 amide bonds. The molecule has 0 unspecified atom stereocenters. The van der Waals surface area contributed by atoms with Crippen molar-refractivity contribution in [2.75, 3.05) is 34.3 Å². The van der Waals surface area contributed by atoms with Crippen LogP contribution >= 0.6 is 11.6 Å². The van der Waals surface area contributed by atoms with Gasteiger partial charge in [0.15, 0.2) is 0 Å². The summed E-state index contributed by atoms with van der Waals surface area (Å²) in [5.74, 6) is 1.50. The number of ether oxygens (including phenoxy) is 1. The lowest BCUT2D eigenvalue weighted by molar-refractivity contribution is -0.138. The summed E-state index contributed by atoms with van der Waals surface area (Å²) in [7, 11) is 6.12. The van der Waals surface area contributed by atoms with Crippen LogP contribution in [0.2, 0.25) is 5.02 Å². The molecule has 4 atom stereocenters. The Kier molecular flexibility index (Phi) is 6.24. The number of likely N-dealkylation sites (N-methyl/N-ethyl adjacent to an activating group) is 1. The number of likely N-dealkylation sites (tertiary alicyclic amines) is 1. The smallest absolute Gasteiger partial charge is 0.233 e. The standard InChI is InChI=1S/C24H35ClN2O2/c1-26(2)21-13-17-15-27(16-18(17)14-22(21)29-3)23(28)24(11-5-4-6-12-24)19-7-9-20(25)10-8-19/h7-10,17-18,21-22H,4-6,11-16H2,1-3H3/t17-,18+,21-,22-/m1/s1. The summed E-state index contributed by atoms with van der Waals surface area (Å²) in [5.41, 5.74) is 0.792. The number of fused-ring (bicyclic) bond motifs is 1. The Morgan fingerprint density at radius 1 is 1.07 bits per heavy atom. The number of hydrogen-bond donors (Lipinski definition) is 0. The van der Waals surface area contributed by atoms with Gasteiger partial charge in [-0.1, -0.05) is 43.0 Å². The van der Waals surface area contributed by atoms with Crippen molar-refractivity contribution in [1.29, 1.82) is 0 Å². The van der Waals surface area contributed by atoms with Gasteiger partial charge in [0.05, 0.1) is 11.5 Å². The van der Waals surface area contributed by atoms with Crippen LogP contribution in [-0.2, 0) is 14.9 Å². The minimum atomic E-state index is -0.363. The highest BCUT2D eigenvalue weighted by Crippen LogP contribution is 2.45. The van der Waals surface area contributed by atoms with E-state index in [4.69, 9.17) is 16.3 Å². The molecular formula is C24H35ClN2O2. The fraction of sp³-hybridized carbons (Fsp3) is 0.708. The molecule has 0 N–H and O–H groups in total. The highest BCUT2D eigenvalue weighted by atomic mass is 35.5. The fourth-order valence-electron chi connectivity index (χ4n) is 6.21. The number of benzene rings is 1. The predicted octanol–water partition coefficient (Wildman–Crippen LogP) is 4.36. The number of methoxy groups -OCH3 is 1. The first-order valence-electron chi connectivity index (χ1n) is 11.2. The second-order valence-electron chi connectivity index (χ2n) is 9.66. The quantitative estimate of drug-likeness (QED) is 0.728. The van der Waals surface area contributed by atoms with Gasteiger partial charge in [0.25, 0.3) is 0 Å². The van der Waals surface area contributed by atoms with Crippen LogP contribution in [0.3, 0.4) is 0 Å². The lowest BCUT2D eigenvalue weighted by atomic mass is 9.68. The molecule has 1 saturated heterocycles. The number of carbonyl (C=O) groups is 1. The van der Waals surface area contributed by atoms with Crippen LogP contribution in [0.4, 0.5) is 0 Å². The number of carbonyl (C=O) groups excluding carboxylic acids is 1. The van der Waals surface area contributed by atoms with E-state index >= 15 is 0 Å². The van der Waals surface area contributed by atoms with Crippen molar-refractivity contribution in [1.82, 2.24) is 9.80 Å². The topological polar surface area (TPSA) is 32.8 Å². The summed E-state index contributed by atoms with van der Waals surface area (Å²) < 4.78 is 5.83. The van der Waals surface area contributed by atoms with Gasteiger partial charge in [-0.05, 0) is 69.3 Å². The van der Waals surface area contributed by atoms with Crippen molar-refractivity contribution in [3.05, 3.63) is 34.9 Å². The van der Waals surface area contributed by atoms with Crippen LogP contribution in [0, 0.1) is 11.8 Å². The molecule has 3 aliphatic rings. The first-order chi connectivity index (χ1) is 13.9. The summed E-state index contributed by atoms with van der Waals surface area (Å²) >= 11 is 6.14. The molecular weight excluding hydrogens is 384 g/mol. The van der Waals surface area contributed by atoms with E-state index in [1.54, 1.807) is 0 Å². The maximum Gasteiger partial charge on any atom is 0.233 e. The second-order valence-corrected chi connectivity index (χ2v) is 10.1. The van der Waals surface area contributed by atoms with Crippen LogP contribution in [0.15, 0.2) is 24.3 Å². The van der Waals surface area contributed by atoms with Gasteiger partial charge in [0.2, 0.25) is 5.91 Å². The van der Waals surface area contributed by atoms with E-state index < -0.39 is 0 Å². The van der Waals surface area contributed by atoms with Gasteiger partial charge >= 0.3 is 0 Å². The molecule has 4 nitrogen and oxygen atoms in total. The van der Waals surface area contributed by atoms with Crippen LogP contribution in [0.1, 0.15) is 50.5 Å². The Morgan fingerprint density at radius 2 is 1.69 bits per heavy atom. The molecule has 2 aliphatic carbocycles. The number of hydrogen-bond acceptors (Lipinski definition) is 3. The summed E-state index contributed by atoms with van der Waals surface area (Å²) in [4.78, 5) is 18.5. The van der Waals surface area contributed by atoms with Crippen molar-refractivity contribution in [3.8, 4) is 0 Å². The molecule has 5 heteroatoms. The summed E-state index contributed by atoms with van der Waals surface area (Å²) in [6, 6.07) is 8.48. The van der Waals surface area contributed by atoms with E-state index in [9.17, 15) is 4.79 Å². The second kappa shape index (κ2) is 8.56. The molecule has 3 fully saturated rings. The van der Waals surface area contributed by atoms with Gasteiger partial charge < -0.3 is 14.5 Å². The number of amides is 1. The van der Waals surface area contributed by atoms with Gasteiger partial charge in [-0.2, -0.15) is 0 Å². The molecule has 0 spiro atoms. The van der Waals surface area contributed by atoms with Gasteiger partial charge in [-0.25, -0.2) is 0 Å². The monoisotopic (exact) mass is 418 g/mol. The normalized spacial score (nSPS) is 31.7. The highest BCUT2D eigenvalue weighted by Gasteiger charge is 2.49. The Bertz CT molecular complexity index is 714.